The van der Waals surface area contributed by atoms with E-state index in [4.69, 9.17) is 4.74 Å². The van der Waals surface area contributed by atoms with Crippen molar-refractivity contribution in [2.45, 2.75) is 25.3 Å². The number of hydrogen-bond donors (Lipinski definition) is 2. The Labute approximate surface area is 110 Å². The number of anilines is 1. The molecule has 104 valence electrons. The Kier molecular flexibility index (Phi) is 3.96. The molecular formula is C12H17N3O4. The van der Waals surface area contributed by atoms with E-state index in [0.717, 1.165) is 0 Å². The fourth-order valence-electron chi connectivity index (χ4n) is 2.21. The predicted molar refractivity (Wildman–Crippen MR) is 69.1 cm³/mol. The highest BCUT2D eigenvalue weighted by atomic mass is 16.6. The molecule has 1 saturated heterocycles. The number of nitrogens with one attached hydrogen (secondary N) is 1. The Balaban J connectivity index is 2.31. The Bertz CT molecular complexity index is 472. The summed E-state index contributed by atoms with van der Waals surface area (Å²) in [7, 11) is 0. The van der Waals surface area contributed by atoms with Crippen molar-refractivity contribution < 1.29 is 14.8 Å². The van der Waals surface area contributed by atoms with Crippen LogP contribution in [0.4, 0.5) is 11.5 Å². The van der Waals surface area contributed by atoms with Crippen LogP contribution in [0, 0.1) is 17.0 Å². The minimum Gasteiger partial charge on any atom is -0.394 e. The van der Waals surface area contributed by atoms with Crippen molar-refractivity contribution in [3.05, 3.63) is 27.9 Å². The van der Waals surface area contributed by atoms with Crippen LogP contribution in [0.15, 0.2) is 12.3 Å². The van der Waals surface area contributed by atoms with Gasteiger partial charge in [-0.15, -0.1) is 0 Å². The van der Waals surface area contributed by atoms with Gasteiger partial charge in [0, 0.05) is 25.0 Å². The van der Waals surface area contributed by atoms with Crippen molar-refractivity contribution in [1.82, 2.24) is 4.98 Å². The number of aromatic nitrogens is 1. The zero-order valence-electron chi connectivity index (χ0n) is 10.8. The number of ether oxygens (including phenoxy) is 1. The maximum absolute atomic E-state index is 11.1. The molecular weight excluding hydrogens is 250 g/mol. The van der Waals surface area contributed by atoms with Gasteiger partial charge in [0.05, 0.1) is 17.1 Å². The SMILES string of the molecule is Cc1ccnc(NC2(CO)CCOCC2)c1[N+](=O)[O-]. The molecule has 1 aliphatic heterocycles. The molecule has 0 radical (unpaired) electrons. The van der Waals surface area contributed by atoms with Crippen LogP contribution in [0.25, 0.3) is 0 Å². The van der Waals surface area contributed by atoms with Gasteiger partial charge in [-0.25, -0.2) is 4.98 Å². The van der Waals surface area contributed by atoms with E-state index in [-0.39, 0.29) is 18.1 Å². The van der Waals surface area contributed by atoms with Crippen LogP contribution < -0.4 is 5.32 Å². The standard InChI is InChI=1S/C12H17N3O4/c1-9-2-5-13-11(10(9)15(17)18)14-12(8-16)3-6-19-7-4-12/h2,5,16H,3-4,6-8H2,1H3,(H,13,14). The molecule has 0 unspecified atom stereocenters. The first-order chi connectivity index (χ1) is 9.08. The molecule has 7 heteroatoms. The van der Waals surface area contributed by atoms with Gasteiger partial charge >= 0.3 is 5.69 Å². The lowest BCUT2D eigenvalue weighted by molar-refractivity contribution is -0.384. The number of nitrogens with zero attached hydrogens (tertiary/aromatic N) is 2. The Morgan fingerprint density at radius 3 is 2.84 bits per heavy atom. The third-order valence-electron chi connectivity index (χ3n) is 3.44. The summed E-state index contributed by atoms with van der Waals surface area (Å²) in [4.78, 5) is 14.7. The van der Waals surface area contributed by atoms with Crippen LogP contribution in [0.1, 0.15) is 18.4 Å². The van der Waals surface area contributed by atoms with E-state index in [1.807, 2.05) is 0 Å². The zero-order chi connectivity index (χ0) is 13.9. The van der Waals surface area contributed by atoms with Gasteiger partial charge in [0.15, 0.2) is 0 Å². The van der Waals surface area contributed by atoms with Crippen molar-refractivity contribution in [2.75, 3.05) is 25.1 Å². The quantitative estimate of drug-likeness (QED) is 0.629. The second-order valence-electron chi connectivity index (χ2n) is 4.76. The molecule has 0 bridgehead atoms. The van der Waals surface area contributed by atoms with Gasteiger partial charge in [-0.05, 0) is 25.8 Å². The molecule has 0 spiro atoms. The van der Waals surface area contributed by atoms with E-state index in [0.29, 0.717) is 31.6 Å². The fraction of sp³-hybridized carbons (Fsp3) is 0.583. The first-order valence-electron chi connectivity index (χ1n) is 6.15. The topological polar surface area (TPSA) is 97.5 Å². The van der Waals surface area contributed by atoms with E-state index in [2.05, 4.69) is 10.3 Å². The zero-order valence-corrected chi connectivity index (χ0v) is 10.8. The number of pyridine rings is 1. The summed E-state index contributed by atoms with van der Waals surface area (Å²) in [5.74, 6) is 0.209. The highest BCUT2D eigenvalue weighted by Gasteiger charge is 2.34. The minimum absolute atomic E-state index is 0.0400. The van der Waals surface area contributed by atoms with E-state index in [9.17, 15) is 15.2 Å². The Morgan fingerprint density at radius 2 is 2.26 bits per heavy atom. The molecule has 7 nitrogen and oxygen atoms in total. The van der Waals surface area contributed by atoms with Crippen molar-refractivity contribution in [3.8, 4) is 0 Å². The van der Waals surface area contributed by atoms with Gasteiger partial charge in [0.25, 0.3) is 0 Å². The van der Waals surface area contributed by atoms with E-state index in [1.165, 1.54) is 6.20 Å². The first-order valence-corrected chi connectivity index (χ1v) is 6.15. The number of aliphatic hydroxyl groups excluding tert-OH is 1. The average Bonchev–Trinajstić information content (AvgIpc) is 2.39. The van der Waals surface area contributed by atoms with Crippen molar-refractivity contribution >= 4 is 11.5 Å². The highest BCUT2D eigenvalue weighted by molar-refractivity contribution is 5.61. The van der Waals surface area contributed by atoms with E-state index >= 15 is 0 Å². The summed E-state index contributed by atoms with van der Waals surface area (Å²) < 4.78 is 5.26. The van der Waals surface area contributed by atoms with Gasteiger partial charge in [0.2, 0.25) is 5.82 Å². The summed E-state index contributed by atoms with van der Waals surface area (Å²) in [6.07, 6.45) is 2.71. The van der Waals surface area contributed by atoms with E-state index in [1.54, 1.807) is 13.0 Å². The molecule has 0 aromatic carbocycles. The lowest BCUT2D eigenvalue weighted by Gasteiger charge is -2.36. The highest BCUT2D eigenvalue weighted by Crippen LogP contribution is 2.31. The molecule has 1 aromatic rings. The third-order valence-corrected chi connectivity index (χ3v) is 3.44. The second-order valence-corrected chi connectivity index (χ2v) is 4.76. The molecule has 1 aliphatic rings. The molecule has 0 aliphatic carbocycles. The fourth-order valence-corrected chi connectivity index (χ4v) is 2.21. The molecule has 0 amide bonds. The Hall–Kier alpha value is -1.73. The van der Waals surface area contributed by atoms with Gasteiger partial charge in [-0.3, -0.25) is 10.1 Å². The number of rotatable bonds is 4. The predicted octanol–water partition coefficient (Wildman–Crippen LogP) is 1.25. The van der Waals surface area contributed by atoms with Crippen molar-refractivity contribution in [3.63, 3.8) is 0 Å². The first kappa shape index (κ1) is 13.7. The van der Waals surface area contributed by atoms with Crippen LogP contribution >= 0.6 is 0 Å². The third kappa shape index (κ3) is 2.82. The number of aliphatic hydroxyl groups is 1. The maximum atomic E-state index is 11.1. The summed E-state index contributed by atoms with van der Waals surface area (Å²) >= 11 is 0. The normalized spacial score (nSPS) is 18.0. The average molecular weight is 267 g/mol. The van der Waals surface area contributed by atoms with Crippen LogP contribution in [0.3, 0.4) is 0 Å². The second kappa shape index (κ2) is 5.50. The van der Waals surface area contributed by atoms with Crippen LogP contribution in [-0.4, -0.2) is 40.4 Å². The Morgan fingerprint density at radius 1 is 1.58 bits per heavy atom. The summed E-state index contributed by atoms with van der Waals surface area (Å²) in [5.41, 5.74) is -0.0893. The van der Waals surface area contributed by atoms with Crippen molar-refractivity contribution in [1.29, 1.82) is 0 Å². The minimum atomic E-state index is -0.593. The smallest absolute Gasteiger partial charge is 0.314 e. The summed E-state index contributed by atoms with van der Waals surface area (Å²) in [6.45, 7) is 2.60. The van der Waals surface area contributed by atoms with E-state index < -0.39 is 10.5 Å². The van der Waals surface area contributed by atoms with Crippen LogP contribution in [0.5, 0.6) is 0 Å². The molecule has 2 N–H and O–H groups in total. The molecule has 2 rings (SSSR count). The van der Waals surface area contributed by atoms with Crippen molar-refractivity contribution in [2.24, 2.45) is 0 Å². The van der Waals surface area contributed by atoms with Crippen LogP contribution in [-0.2, 0) is 4.74 Å². The molecule has 0 saturated carbocycles. The van der Waals surface area contributed by atoms with Gasteiger partial charge in [0.1, 0.15) is 0 Å². The lowest BCUT2D eigenvalue weighted by atomic mass is 9.91. The molecule has 1 aromatic heterocycles. The number of aryl methyl sites for hydroxylation is 1. The van der Waals surface area contributed by atoms with Gasteiger partial charge in [-0.2, -0.15) is 0 Å². The molecule has 2 heterocycles. The number of nitro groups is 1. The molecule has 1 fully saturated rings. The van der Waals surface area contributed by atoms with Crippen LogP contribution in [0.2, 0.25) is 0 Å². The molecule has 0 atom stereocenters. The van der Waals surface area contributed by atoms with Gasteiger partial charge < -0.3 is 15.2 Å². The number of hydrogen-bond acceptors (Lipinski definition) is 6. The lowest BCUT2D eigenvalue weighted by Crippen LogP contribution is -2.47. The summed E-state index contributed by atoms with van der Waals surface area (Å²) in [5, 5.41) is 23.8. The monoisotopic (exact) mass is 267 g/mol. The largest absolute Gasteiger partial charge is 0.394 e. The maximum Gasteiger partial charge on any atom is 0.314 e. The van der Waals surface area contributed by atoms with Gasteiger partial charge in [-0.1, -0.05) is 0 Å². The molecule has 19 heavy (non-hydrogen) atoms. The summed E-state index contributed by atoms with van der Waals surface area (Å²) in [6, 6.07) is 1.60.